The van der Waals surface area contributed by atoms with Crippen LogP contribution in [0, 0.1) is 0 Å². The largest absolute Gasteiger partial charge is 0.503 e. The average molecular weight is 164 g/mol. The maximum absolute atomic E-state index is 9.00. The molecule has 66 valence electrons. The van der Waals surface area contributed by atoms with E-state index in [2.05, 4.69) is 6.58 Å². The van der Waals surface area contributed by atoms with Crippen molar-refractivity contribution in [3.05, 3.63) is 12.7 Å². The first-order valence-corrected chi connectivity index (χ1v) is 2.56. The van der Waals surface area contributed by atoms with Crippen molar-refractivity contribution in [2.24, 2.45) is 0 Å². The highest BCUT2D eigenvalue weighted by Crippen LogP contribution is 1.43. The summed E-state index contributed by atoms with van der Waals surface area (Å²) in [6.07, 6.45) is -0.0833. The first kappa shape index (κ1) is 16.2. The predicted molar refractivity (Wildman–Crippen MR) is 39.8 cm³/mol. The van der Waals surface area contributed by atoms with Crippen molar-refractivity contribution in [2.45, 2.75) is 13.8 Å². The number of aliphatic carboxylic acids is 1. The van der Waals surface area contributed by atoms with Gasteiger partial charge in [-0.2, -0.15) is 0 Å². The van der Waals surface area contributed by atoms with E-state index >= 15 is 0 Å². The van der Waals surface area contributed by atoms with Gasteiger partial charge >= 0.3 is 6.16 Å². The molecular weight excluding hydrogens is 152 g/mol. The highest BCUT2D eigenvalue weighted by molar-refractivity contribution is 5.62. The molecule has 0 saturated heterocycles. The van der Waals surface area contributed by atoms with Gasteiger partial charge in [0.1, 0.15) is 0 Å². The summed E-state index contributed by atoms with van der Waals surface area (Å²) in [5.74, 6) is -0.833. The molecule has 3 N–H and O–H groups in total. The maximum atomic E-state index is 9.00. The second-order valence-electron chi connectivity index (χ2n) is 1.21. The molecule has 0 aromatic heterocycles. The van der Waals surface area contributed by atoms with Crippen LogP contribution in [0.15, 0.2) is 12.7 Å². The molecule has 0 aromatic carbocycles. The molecule has 0 heterocycles. The van der Waals surface area contributed by atoms with Crippen LogP contribution in [0.25, 0.3) is 0 Å². The summed E-state index contributed by atoms with van der Waals surface area (Å²) in [5, 5.41) is 21.4. The van der Waals surface area contributed by atoms with E-state index in [0.717, 1.165) is 6.92 Å². The van der Waals surface area contributed by atoms with E-state index in [1.807, 2.05) is 6.92 Å². The lowest BCUT2D eigenvalue weighted by Gasteiger charge is -1.60. The van der Waals surface area contributed by atoms with Crippen LogP contribution in [0.3, 0.4) is 0 Å². The molecule has 0 atom stereocenters. The van der Waals surface area contributed by atoms with Crippen LogP contribution in [0.1, 0.15) is 13.8 Å². The van der Waals surface area contributed by atoms with Gasteiger partial charge in [-0.15, -0.1) is 6.58 Å². The van der Waals surface area contributed by atoms with Crippen LogP contribution in [0.5, 0.6) is 0 Å². The second kappa shape index (κ2) is 15.8. The zero-order valence-corrected chi connectivity index (χ0v) is 6.44. The molecule has 0 aliphatic rings. The maximum Gasteiger partial charge on any atom is 0.503 e. The van der Waals surface area contributed by atoms with Crippen LogP contribution in [0.4, 0.5) is 4.79 Å². The van der Waals surface area contributed by atoms with Crippen molar-refractivity contribution in [3.63, 3.8) is 0 Å². The Morgan fingerprint density at radius 1 is 1.27 bits per heavy atom. The lowest BCUT2D eigenvalue weighted by Crippen LogP contribution is -1.81. The number of allylic oxidation sites excluding steroid dienone is 1. The number of carboxylic acid groups (broad SMARTS) is 3. The monoisotopic (exact) mass is 164 g/mol. The van der Waals surface area contributed by atoms with E-state index in [1.54, 1.807) is 6.08 Å². The molecule has 0 radical (unpaired) electrons. The zero-order valence-electron chi connectivity index (χ0n) is 6.44. The molecule has 11 heavy (non-hydrogen) atoms. The van der Waals surface area contributed by atoms with Crippen LogP contribution in [0.2, 0.25) is 0 Å². The molecule has 0 rings (SSSR count). The molecule has 0 spiro atoms. The Kier molecular flexibility index (Phi) is 23.3. The van der Waals surface area contributed by atoms with Crippen molar-refractivity contribution in [3.8, 4) is 0 Å². The van der Waals surface area contributed by atoms with Gasteiger partial charge in [-0.3, -0.25) is 4.79 Å². The van der Waals surface area contributed by atoms with E-state index in [4.69, 9.17) is 24.9 Å². The lowest BCUT2D eigenvalue weighted by atomic mass is 10.8. The van der Waals surface area contributed by atoms with E-state index < -0.39 is 12.1 Å². The molecule has 0 bridgehead atoms. The minimum Gasteiger partial charge on any atom is -0.481 e. The van der Waals surface area contributed by atoms with E-state index in [0.29, 0.717) is 0 Å². The van der Waals surface area contributed by atoms with Crippen LogP contribution >= 0.6 is 0 Å². The fourth-order valence-electron chi connectivity index (χ4n) is 0. The van der Waals surface area contributed by atoms with Gasteiger partial charge in [-0.05, 0) is 6.92 Å². The quantitative estimate of drug-likeness (QED) is 0.471. The average Bonchev–Trinajstić information content (AvgIpc) is 1.60. The third kappa shape index (κ3) is 154. The Morgan fingerprint density at radius 3 is 1.27 bits per heavy atom. The van der Waals surface area contributed by atoms with Crippen molar-refractivity contribution < 1.29 is 24.9 Å². The van der Waals surface area contributed by atoms with E-state index in [1.165, 1.54) is 0 Å². The highest BCUT2D eigenvalue weighted by Gasteiger charge is 1.70. The molecule has 0 saturated carbocycles. The van der Waals surface area contributed by atoms with Gasteiger partial charge in [0.2, 0.25) is 0 Å². The van der Waals surface area contributed by atoms with Crippen LogP contribution in [-0.4, -0.2) is 27.4 Å². The first-order chi connectivity index (χ1) is 4.88. The van der Waals surface area contributed by atoms with Crippen LogP contribution < -0.4 is 0 Å². The Morgan fingerprint density at radius 2 is 1.27 bits per heavy atom. The predicted octanol–water partition coefficient (Wildman–Crippen LogP) is 1.51. The second-order valence-corrected chi connectivity index (χ2v) is 1.21. The van der Waals surface area contributed by atoms with Gasteiger partial charge in [0.05, 0.1) is 0 Å². The third-order valence-electron chi connectivity index (χ3n) is 0. The molecule has 0 amide bonds. The molecule has 0 aliphatic carbocycles. The summed E-state index contributed by atoms with van der Waals surface area (Å²) >= 11 is 0. The zero-order chi connectivity index (χ0) is 9.86. The molecule has 0 fully saturated rings. The minimum atomic E-state index is -1.83. The Hall–Kier alpha value is -1.52. The number of rotatable bonds is 0. The van der Waals surface area contributed by atoms with Gasteiger partial charge in [0.25, 0.3) is 5.97 Å². The topological polar surface area (TPSA) is 94.8 Å². The van der Waals surface area contributed by atoms with E-state index in [-0.39, 0.29) is 0 Å². The Bertz CT molecular complexity index is 98.1. The Balaban J connectivity index is -0.0000000886. The molecule has 5 nitrogen and oxygen atoms in total. The van der Waals surface area contributed by atoms with Crippen molar-refractivity contribution in [1.82, 2.24) is 0 Å². The fourth-order valence-corrected chi connectivity index (χ4v) is 0. The molecular formula is C6H12O5. The Labute approximate surface area is 64.6 Å². The lowest BCUT2D eigenvalue weighted by molar-refractivity contribution is -0.134. The summed E-state index contributed by atoms with van der Waals surface area (Å²) in [6.45, 7) is 6.33. The van der Waals surface area contributed by atoms with E-state index in [9.17, 15) is 0 Å². The first-order valence-electron chi connectivity index (χ1n) is 2.56. The smallest absolute Gasteiger partial charge is 0.481 e. The van der Waals surface area contributed by atoms with Gasteiger partial charge < -0.3 is 15.3 Å². The fraction of sp³-hybridized carbons (Fsp3) is 0.333. The van der Waals surface area contributed by atoms with Gasteiger partial charge in [-0.25, -0.2) is 4.79 Å². The molecule has 5 heteroatoms. The molecule has 0 aromatic rings. The highest BCUT2D eigenvalue weighted by atomic mass is 16.6. The molecule has 0 unspecified atom stereocenters. The van der Waals surface area contributed by atoms with Crippen molar-refractivity contribution in [2.75, 3.05) is 0 Å². The summed E-state index contributed by atoms with van der Waals surface area (Å²) in [4.78, 5) is 17.6. The molecule has 0 aliphatic heterocycles. The standard InChI is InChI=1S/C3H6.C2H4O2.CH2O3/c1-3-2;1-2(3)4;2-1(3)4/h3H,1H2,2H3;1H3,(H,3,4);(H2,2,3,4). The van der Waals surface area contributed by atoms with Crippen molar-refractivity contribution in [1.29, 1.82) is 0 Å². The van der Waals surface area contributed by atoms with Gasteiger partial charge in [-0.1, -0.05) is 6.08 Å². The minimum absolute atomic E-state index is 0.833. The van der Waals surface area contributed by atoms with Crippen molar-refractivity contribution >= 4 is 12.1 Å². The number of carboxylic acids is 1. The van der Waals surface area contributed by atoms with Crippen LogP contribution in [-0.2, 0) is 4.79 Å². The van der Waals surface area contributed by atoms with Gasteiger partial charge in [0, 0.05) is 6.92 Å². The number of hydrogen-bond acceptors (Lipinski definition) is 2. The normalized spacial score (nSPS) is 5.64. The SMILES string of the molecule is C=CC.CC(=O)O.O=C(O)O. The summed E-state index contributed by atoms with van der Waals surface area (Å²) in [7, 11) is 0. The number of carbonyl (C=O) groups is 2. The summed E-state index contributed by atoms with van der Waals surface area (Å²) in [6, 6.07) is 0. The summed E-state index contributed by atoms with van der Waals surface area (Å²) < 4.78 is 0. The number of hydrogen-bond donors (Lipinski definition) is 3. The third-order valence-corrected chi connectivity index (χ3v) is 0. The summed E-state index contributed by atoms with van der Waals surface area (Å²) in [5.41, 5.74) is 0. The van der Waals surface area contributed by atoms with Gasteiger partial charge in [0.15, 0.2) is 0 Å².